The number of hydrogen-bond acceptors (Lipinski definition) is 4. The number of carbonyl (C=O) groups is 3. The number of nitrogens with one attached hydrogen (secondary N) is 3. The van der Waals surface area contributed by atoms with E-state index in [2.05, 4.69) is 16.0 Å². The molecule has 20 heavy (non-hydrogen) atoms. The standard InChI is InChI=1S/C13H20N4O3/c18-10(6-9-11(19)16-12(20)15-9)17-5-3-13(8-17)2-1-4-14-7-13/h9,14H,1-8H2,(H2,15,16,19,20). The smallest absolute Gasteiger partial charge is 0.322 e. The molecule has 3 rings (SSSR count). The zero-order chi connectivity index (χ0) is 14.2. The maximum absolute atomic E-state index is 12.3. The van der Waals surface area contributed by atoms with Gasteiger partial charge in [-0.15, -0.1) is 0 Å². The van der Waals surface area contributed by atoms with E-state index in [-0.39, 0.29) is 17.7 Å². The summed E-state index contributed by atoms with van der Waals surface area (Å²) in [4.78, 5) is 36.6. The number of piperidine rings is 1. The number of rotatable bonds is 2. The lowest BCUT2D eigenvalue weighted by molar-refractivity contribution is -0.133. The van der Waals surface area contributed by atoms with Crippen LogP contribution >= 0.6 is 0 Å². The van der Waals surface area contributed by atoms with Crippen LogP contribution in [0.4, 0.5) is 4.79 Å². The first-order chi connectivity index (χ1) is 9.58. The van der Waals surface area contributed by atoms with Crippen molar-refractivity contribution in [3.05, 3.63) is 0 Å². The lowest BCUT2D eigenvalue weighted by atomic mass is 9.80. The predicted octanol–water partition coefficient (Wildman–Crippen LogP) is -0.813. The van der Waals surface area contributed by atoms with Crippen LogP contribution in [0.3, 0.4) is 0 Å². The van der Waals surface area contributed by atoms with Crippen LogP contribution in [0.25, 0.3) is 0 Å². The highest BCUT2D eigenvalue weighted by molar-refractivity contribution is 6.05. The molecule has 0 saturated carbocycles. The summed E-state index contributed by atoms with van der Waals surface area (Å²) in [5, 5.41) is 8.02. The fourth-order valence-corrected chi connectivity index (χ4v) is 3.43. The highest BCUT2D eigenvalue weighted by atomic mass is 16.2. The van der Waals surface area contributed by atoms with Crippen LogP contribution in [0.2, 0.25) is 0 Å². The molecule has 0 aliphatic carbocycles. The van der Waals surface area contributed by atoms with Gasteiger partial charge in [0.15, 0.2) is 0 Å². The highest BCUT2D eigenvalue weighted by Crippen LogP contribution is 2.36. The molecule has 0 aromatic carbocycles. The predicted molar refractivity (Wildman–Crippen MR) is 70.8 cm³/mol. The Morgan fingerprint density at radius 1 is 1.35 bits per heavy atom. The number of carbonyl (C=O) groups excluding carboxylic acids is 3. The van der Waals surface area contributed by atoms with Gasteiger partial charge in [0.25, 0.3) is 5.91 Å². The molecule has 3 aliphatic heterocycles. The summed E-state index contributed by atoms with van der Waals surface area (Å²) < 4.78 is 0. The van der Waals surface area contributed by atoms with Crippen molar-refractivity contribution in [1.29, 1.82) is 0 Å². The van der Waals surface area contributed by atoms with Crippen molar-refractivity contribution in [2.75, 3.05) is 26.2 Å². The molecule has 3 aliphatic rings. The largest absolute Gasteiger partial charge is 0.342 e. The minimum absolute atomic E-state index is 0.0465. The zero-order valence-electron chi connectivity index (χ0n) is 11.4. The molecule has 1 spiro atoms. The van der Waals surface area contributed by atoms with Crippen molar-refractivity contribution in [3.8, 4) is 0 Å². The Morgan fingerprint density at radius 2 is 2.20 bits per heavy atom. The third-order valence-corrected chi connectivity index (χ3v) is 4.59. The monoisotopic (exact) mass is 280 g/mol. The lowest BCUT2D eigenvalue weighted by Gasteiger charge is -2.33. The maximum atomic E-state index is 12.3. The fraction of sp³-hybridized carbons (Fsp3) is 0.769. The quantitative estimate of drug-likeness (QED) is 0.577. The van der Waals surface area contributed by atoms with E-state index < -0.39 is 18.0 Å². The lowest BCUT2D eigenvalue weighted by Crippen LogP contribution is -2.43. The number of hydrogen-bond donors (Lipinski definition) is 3. The van der Waals surface area contributed by atoms with E-state index in [0.29, 0.717) is 0 Å². The average molecular weight is 280 g/mol. The van der Waals surface area contributed by atoms with E-state index in [1.807, 2.05) is 4.90 Å². The van der Waals surface area contributed by atoms with Gasteiger partial charge in [0.05, 0.1) is 6.42 Å². The van der Waals surface area contributed by atoms with Crippen LogP contribution in [0.5, 0.6) is 0 Å². The molecule has 2 unspecified atom stereocenters. The second-order valence-electron chi connectivity index (χ2n) is 6.07. The number of amides is 4. The molecular weight excluding hydrogens is 260 g/mol. The molecule has 3 fully saturated rings. The maximum Gasteiger partial charge on any atom is 0.322 e. The van der Waals surface area contributed by atoms with Crippen molar-refractivity contribution in [3.63, 3.8) is 0 Å². The topological polar surface area (TPSA) is 90.5 Å². The van der Waals surface area contributed by atoms with Crippen LogP contribution < -0.4 is 16.0 Å². The van der Waals surface area contributed by atoms with E-state index in [0.717, 1.165) is 45.4 Å². The minimum atomic E-state index is -0.712. The summed E-state index contributed by atoms with van der Waals surface area (Å²) in [5.41, 5.74) is 0.217. The Hall–Kier alpha value is -1.63. The summed E-state index contributed by atoms with van der Waals surface area (Å²) in [6, 6.07) is -1.22. The molecule has 0 aromatic rings. The first kappa shape index (κ1) is 13.4. The number of urea groups is 1. The number of nitrogens with zero attached hydrogens (tertiary/aromatic N) is 1. The van der Waals surface area contributed by atoms with Crippen molar-refractivity contribution >= 4 is 17.8 Å². The van der Waals surface area contributed by atoms with E-state index in [1.54, 1.807) is 0 Å². The van der Waals surface area contributed by atoms with Gasteiger partial charge in [0.2, 0.25) is 5.91 Å². The molecule has 7 nitrogen and oxygen atoms in total. The summed E-state index contributed by atoms with van der Waals surface area (Å²) in [7, 11) is 0. The second-order valence-corrected chi connectivity index (χ2v) is 6.07. The molecule has 2 atom stereocenters. The molecule has 3 N–H and O–H groups in total. The SMILES string of the molecule is O=C1NC(=O)C(CC(=O)N2CCC3(CCCNC3)C2)N1. The summed E-state index contributed by atoms with van der Waals surface area (Å²) >= 11 is 0. The Labute approximate surface area is 117 Å². The van der Waals surface area contributed by atoms with E-state index in [4.69, 9.17) is 0 Å². The molecular formula is C13H20N4O3. The molecule has 0 bridgehead atoms. The minimum Gasteiger partial charge on any atom is -0.342 e. The van der Waals surface area contributed by atoms with Gasteiger partial charge in [-0.2, -0.15) is 0 Å². The van der Waals surface area contributed by atoms with Gasteiger partial charge < -0.3 is 15.5 Å². The van der Waals surface area contributed by atoms with Gasteiger partial charge in [-0.25, -0.2) is 4.79 Å². The summed E-state index contributed by atoms with van der Waals surface area (Å²) in [6.45, 7) is 3.55. The third kappa shape index (κ3) is 2.49. The first-order valence-corrected chi connectivity index (χ1v) is 7.18. The Kier molecular flexibility index (Phi) is 3.37. The van der Waals surface area contributed by atoms with Crippen molar-refractivity contribution in [2.24, 2.45) is 5.41 Å². The summed E-state index contributed by atoms with van der Waals surface area (Å²) in [6.07, 6.45) is 3.39. The van der Waals surface area contributed by atoms with Gasteiger partial charge >= 0.3 is 6.03 Å². The zero-order valence-corrected chi connectivity index (χ0v) is 11.4. The van der Waals surface area contributed by atoms with Gasteiger partial charge in [0, 0.05) is 25.0 Å². The van der Waals surface area contributed by atoms with Crippen LogP contribution in [0.1, 0.15) is 25.7 Å². The molecule has 110 valence electrons. The summed E-state index contributed by atoms with van der Waals surface area (Å²) in [5.74, 6) is -0.452. The molecule has 0 aromatic heterocycles. The molecule has 0 radical (unpaired) electrons. The number of imide groups is 1. The van der Waals surface area contributed by atoms with Crippen LogP contribution in [-0.4, -0.2) is 55.0 Å². The van der Waals surface area contributed by atoms with Crippen molar-refractivity contribution in [1.82, 2.24) is 20.9 Å². The average Bonchev–Trinajstić information content (AvgIpc) is 2.95. The van der Waals surface area contributed by atoms with Gasteiger partial charge in [-0.05, 0) is 25.8 Å². The fourth-order valence-electron chi connectivity index (χ4n) is 3.43. The van der Waals surface area contributed by atoms with Crippen LogP contribution in [-0.2, 0) is 9.59 Å². The normalized spacial score (nSPS) is 33.4. The van der Waals surface area contributed by atoms with Crippen molar-refractivity contribution in [2.45, 2.75) is 31.7 Å². The van der Waals surface area contributed by atoms with Gasteiger partial charge in [-0.1, -0.05) is 0 Å². The Balaban J connectivity index is 1.56. The second kappa shape index (κ2) is 5.05. The van der Waals surface area contributed by atoms with Crippen molar-refractivity contribution < 1.29 is 14.4 Å². The Morgan fingerprint density at radius 3 is 2.85 bits per heavy atom. The van der Waals surface area contributed by atoms with Gasteiger partial charge in [0.1, 0.15) is 6.04 Å². The molecule has 7 heteroatoms. The molecule has 4 amide bonds. The third-order valence-electron chi connectivity index (χ3n) is 4.59. The molecule has 3 saturated heterocycles. The molecule has 3 heterocycles. The van der Waals surface area contributed by atoms with E-state index in [9.17, 15) is 14.4 Å². The van der Waals surface area contributed by atoms with Crippen LogP contribution in [0, 0.1) is 5.41 Å². The highest BCUT2D eigenvalue weighted by Gasteiger charge is 2.41. The first-order valence-electron chi connectivity index (χ1n) is 7.18. The number of likely N-dealkylation sites (tertiary alicyclic amines) is 1. The van der Waals surface area contributed by atoms with Crippen LogP contribution in [0.15, 0.2) is 0 Å². The van der Waals surface area contributed by atoms with E-state index in [1.165, 1.54) is 0 Å². The Bertz CT molecular complexity index is 445. The van der Waals surface area contributed by atoms with E-state index >= 15 is 0 Å². The van der Waals surface area contributed by atoms with Gasteiger partial charge in [-0.3, -0.25) is 14.9 Å².